The van der Waals surface area contributed by atoms with Crippen LogP contribution in [0.2, 0.25) is 0 Å². The number of hydrogen-bond donors (Lipinski definition) is 0. The maximum atomic E-state index is 3.37. The van der Waals surface area contributed by atoms with Crippen molar-refractivity contribution in [2.75, 3.05) is 0 Å². The molecule has 0 radical (unpaired) electrons. The van der Waals surface area contributed by atoms with E-state index in [1.54, 1.807) is 38.5 Å². The Balaban J connectivity index is 1.06. The van der Waals surface area contributed by atoms with Crippen LogP contribution < -0.4 is 0 Å². The van der Waals surface area contributed by atoms with Gasteiger partial charge in [0.15, 0.2) is 0 Å². The molecule has 0 aliphatic heterocycles. The van der Waals surface area contributed by atoms with Crippen molar-refractivity contribution in [1.29, 1.82) is 0 Å². The van der Waals surface area contributed by atoms with Gasteiger partial charge < -0.3 is 0 Å². The monoisotopic (exact) mass is 717 g/mol. The lowest BCUT2D eigenvalue weighted by Gasteiger charge is -2.62. The lowest BCUT2D eigenvalue weighted by molar-refractivity contribution is -0.127. The first kappa shape index (κ1) is 38.8. The molecule has 10 atom stereocenters. The zero-order chi connectivity index (χ0) is 35.9. The summed E-state index contributed by atoms with van der Waals surface area (Å²) >= 11 is 0. The van der Waals surface area contributed by atoms with Crippen molar-refractivity contribution in [3.63, 3.8) is 0 Å². The number of rotatable bonds is 7. The molecule has 0 bridgehead atoms. The molecule has 8 fully saturated rings. The van der Waals surface area contributed by atoms with E-state index in [-0.39, 0.29) is 0 Å². The average molecular weight is 717 g/mol. The van der Waals surface area contributed by atoms with Crippen LogP contribution in [-0.4, -0.2) is 46.1 Å². The summed E-state index contributed by atoms with van der Waals surface area (Å²) in [5.41, 5.74) is 0. The van der Waals surface area contributed by atoms with E-state index >= 15 is 0 Å². The molecule has 298 valence electrons. The standard InChI is InChI=1S/C50H88N2/c1-33-15-23-39(24-16-33)51(40-25-17-34(2)18-26-40)49-37(5)31-47(43-11-7-9-13-45(43)49)48-32-38(6)50(46-14-10-8-12-44(46)48)52(41-27-19-35(3)20-28-41)42-29-21-36(4)22-30-42/h33-50H,7-32H2,1-6H3. The summed E-state index contributed by atoms with van der Waals surface area (Å²) in [6.07, 6.45) is 39.5. The molecule has 0 aromatic rings. The van der Waals surface area contributed by atoms with Gasteiger partial charge in [0.05, 0.1) is 0 Å². The Morgan fingerprint density at radius 3 is 0.788 bits per heavy atom. The Morgan fingerprint density at radius 2 is 0.519 bits per heavy atom. The fourth-order valence-electron chi connectivity index (χ4n) is 16.4. The highest BCUT2D eigenvalue weighted by Crippen LogP contribution is 2.59. The zero-order valence-corrected chi connectivity index (χ0v) is 35.7. The Hall–Kier alpha value is -0.0800. The van der Waals surface area contributed by atoms with Gasteiger partial charge in [-0.1, -0.05) is 67.2 Å². The van der Waals surface area contributed by atoms with Crippen LogP contribution in [0.5, 0.6) is 0 Å². The quantitative estimate of drug-likeness (QED) is 0.259. The van der Waals surface area contributed by atoms with E-state index in [2.05, 4.69) is 51.3 Å². The smallest absolute Gasteiger partial charge is 0.0158 e. The van der Waals surface area contributed by atoms with Gasteiger partial charge in [0.2, 0.25) is 0 Å². The molecule has 0 amide bonds. The molecule has 0 heterocycles. The molecule has 10 unspecified atom stereocenters. The van der Waals surface area contributed by atoms with Gasteiger partial charge >= 0.3 is 0 Å². The van der Waals surface area contributed by atoms with Gasteiger partial charge in [0, 0.05) is 36.3 Å². The first-order valence-corrected chi connectivity index (χ1v) is 24.8. The van der Waals surface area contributed by atoms with Crippen molar-refractivity contribution in [2.24, 2.45) is 71.0 Å². The maximum absolute atomic E-state index is 3.37. The maximum Gasteiger partial charge on any atom is 0.0158 e. The van der Waals surface area contributed by atoms with Crippen LogP contribution in [0.1, 0.15) is 208 Å². The Bertz CT molecular complexity index is 956. The van der Waals surface area contributed by atoms with Crippen LogP contribution in [0.3, 0.4) is 0 Å². The third-order valence-electron chi connectivity index (χ3n) is 19.0. The predicted molar refractivity (Wildman–Crippen MR) is 222 cm³/mol. The summed E-state index contributed by atoms with van der Waals surface area (Å²) in [5.74, 6) is 11.7. The topological polar surface area (TPSA) is 6.48 Å². The molecule has 0 spiro atoms. The predicted octanol–water partition coefficient (Wildman–Crippen LogP) is 13.6. The summed E-state index contributed by atoms with van der Waals surface area (Å²) < 4.78 is 0. The van der Waals surface area contributed by atoms with Crippen molar-refractivity contribution >= 4 is 0 Å². The lowest BCUT2D eigenvalue weighted by Crippen LogP contribution is -2.63. The van der Waals surface area contributed by atoms with E-state index in [1.807, 2.05) is 0 Å². The molecule has 0 saturated heterocycles. The van der Waals surface area contributed by atoms with Crippen LogP contribution >= 0.6 is 0 Å². The van der Waals surface area contributed by atoms with E-state index in [0.29, 0.717) is 0 Å². The summed E-state index contributed by atoms with van der Waals surface area (Å²) in [6, 6.07) is 5.30. The van der Waals surface area contributed by atoms with E-state index in [9.17, 15) is 0 Å². The highest BCUT2D eigenvalue weighted by Gasteiger charge is 2.56. The van der Waals surface area contributed by atoms with E-state index < -0.39 is 0 Å². The summed E-state index contributed by atoms with van der Waals surface area (Å²) in [6.45, 7) is 15.8. The second-order valence-electron chi connectivity index (χ2n) is 22.5. The zero-order valence-electron chi connectivity index (χ0n) is 35.7. The average Bonchev–Trinajstić information content (AvgIpc) is 3.16. The minimum absolute atomic E-state index is 0.882. The first-order valence-electron chi connectivity index (χ1n) is 24.8. The van der Waals surface area contributed by atoms with Crippen molar-refractivity contribution in [3.8, 4) is 0 Å². The van der Waals surface area contributed by atoms with E-state index in [0.717, 1.165) is 107 Å². The summed E-state index contributed by atoms with van der Waals surface area (Å²) in [4.78, 5) is 6.75. The summed E-state index contributed by atoms with van der Waals surface area (Å²) in [7, 11) is 0. The number of hydrogen-bond acceptors (Lipinski definition) is 2. The Labute approximate surface area is 324 Å². The molecular weight excluding hydrogens is 629 g/mol. The van der Waals surface area contributed by atoms with Crippen molar-refractivity contribution in [1.82, 2.24) is 9.80 Å². The third-order valence-corrected chi connectivity index (χ3v) is 19.0. The molecule has 8 saturated carbocycles. The van der Waals surface area contributed by atoms with Crippen molar-refractivity contribution in [3.05, 3.63) is 0 Å². The highest BCUT2D eigenvalue weighted by atomic mass is 15.2. The van der Waals surface area contributed by atoms with Crippen molar-refractivity contribution in [2.45, 2.75) is 245 Å². The molecule has 8 rings (SSSR count). The molecule has 0 aromatic carbocycles. The van der Waals surface area contributed by atoms with E-state index in [4.69, 9.17) is 0 Å². The molecule has 0 aromatic heterocycles. The van der Waals surface area contributed by atoms with Gasteiger partial charge in [-0.15, -0.1) is 0 Å². The fraction of sp³-hybridized carbons (Fsp3) is 1.00. The van der Waals surface area contributed by atoms with Crippen LogP contribution in [0.4, 0.5) is 0 Å². The first-order chi connectivity index (χ1) is 25.3. The Kier molecular flexibility index (Phi) is 12.8. The van der Waals surface area contributed by atoms with Gasteiger partial charge in [-0.05, 0) is 212 Å². The number of nitrogens with zero attached hydrogens (tertiary/aromatic N) is 2. The molecule has 52 heavy (non-hydrogen) atoms. The fourth-order valence-corrected chi connectivity index (χ4v) is 16.4. The minimum atomic E-state index is 0.882. The highest BCUT2D eigenvalue weighted by molar-refractivity contribution is 5.07. The minimum Gasteiger partial charge on any atom is -0.294 e. The lowest BCUT2D eigenvalue weighted by atomic mass is 9.50. The van der Waals surface area contributed by atoms with Crippen molar-refractivity contribution < 1.29 is 0 Å². The van der Waals surface area contributed by atoms with Gasteiger partial charge in [-0.25, -0.2) is 0 Å². The second kappa shape index (κ2) is 17.2. The van der Waals surface area contributed by atoms with Gasteiger partial charge in [-0.3, -0.25) is 9.80 Å². The van der Waals surface area contributed by atoms with Gasteiger partial charge in [-0.2, -0.15) is 0 Å². The van der Waals surface area contributed by atoms with Gasteiger partial charge in [0.25, 0.3) is 0 Å². The Morgan fingerprint density at radius 1 is 0.269 bits per heavy atom. The van der Waals surface area contributed by atoms with E-state index in [1.165, 1.54) is 128 Å². The molecular formula is C50H88N2. The third kappa shape index (κ3) is 8.04. The largest absolute Gasteiger partial charge is 0.294 e. The SMILES string of the molecule is CC1CCC(N(C2CCC(C)CC2)C2C(C)CC(C3CC(C)C(N(C4CCC(C)CC4)C4CCC(C)CC4)C4CCCCC34)C3CCCCC32)CC1. The van der Waals surface area contributed by atoms with Crippen LogP contribution in [0.25, 0.3) is 0 Å². The molecule has 2 heteroatoms. The molecule has 8 aliphatic carbocycles. The molecule has 2 nitrogen and oxygen atoms in total. The van der Waals surface area contributed by atoms with Crippen LogP contribution in [-0.2, 0) is 0 Å². The van der Waals surface area contributed by atoms with Gasteiger partial charge in [0.1, 0.15) is 0 Å². The molecule has 0 N–H and O–H groups in total. The van der Waals surface area contributed by atoms with Crippen LogP contribution in [0, 0.1) is 71.0 Å². The second-order valence-corrected chi connectivity index (χ2v) is 22.5. The summed E-state index contributed by atoms with van der Waals surface area (Å²) in [5, 5.41) is 0. The molecule has 8 aliphatic rings. The normalized spacial score (nSPS) is 50.8. The van der Waals surface area contributed by atoms with Crippen LogP contribution in [0.15, 0.2) is 0 Å². The number of fused-ring (bicyclic) bond motifs is 2.